The van der Waals surface area contributed by atoms with E-state index >= 15 is 0 Å². The van der Waals surface area contributed by atoms with Crippen molar-refractivity contribution in [1.29, 1.82) is 0 Å². The fourth-order valence-corrected chi connectivity index (χ4v) is 2.89. The minimum absolute atomic E-state index is 0.115. The molecule has 0 spiro atoms. The molecule has 1 saturated heterocycles. The summed E-state index contributed by atoms with van der Waals surface area (Å²) in [7, 11) is 0. The lowest BCUT2D eigenvalue weighted by Gasteiger charge is -2.46. The van der Waals surface area contributed by atoms with Crippen LogP contribution < -0.4 is 0 Å². The second kappa shape index (κ2) is 4.84. The topological polar surface area (TPSA) is 29.5 Å². The molecule has 0 aromatic heterocycles. The third-order valence-electron chi connectivity index (χ3n) is 4.16. The Labute approximate surface area is 94.0 Å². The van der Waals surface area contributed by atoms with Crippen molar-refractivity contribution in [1.82, 2.24) is 0 Å². The highest BCUT2D eigenvalue weighted by Crippen LogP contribution is 2.41. The summed E-state index contributed by atoms with van der Waals surface area (Å²) in [5.41, 5.74) is -0.609. The molecule has 0 bridgehead atoms. The maximum atomic E-state index is 10.7. The van der Waals surface area contributed by atoms with Gasteiger partial charge in [-0.1, -0.05) is 33.6 Å². The normalized spacial score (nSPS) is 37.2. The summed E-state index contributed by atoms with van der Waals surface area (Å²) in [6, 6.07) is 0. The lowest BCUT2D eigenvalue weighted by Crippen LogP contribution is -2.51. The van der Waals surface area contributed by atoms with Crippen LogP contribution in [0.4, 0.5) is 0 Å². The highest BCUT2D eigenvalue weighted by atomic mass is 16.5. The summed E-state index contributed by atoms with van der Waals surface area (Å²) in [6.07, 6.45) is 4.70. The van der Waals surface area contributed by atoms with Gasteiger partial charge in [-0.3, -0.25) is 0 Å². The molecular formula is C13H26O2. The summed E-state index contributed by atoms with van der Waals surface area (Å²) < 4.78 is 5.79. The second-order valence-corrected chi connectivity index (χ2v) is 5.20. The number of ether oxygens (including phenoxy) is 1. The molecule has 2 nitrogen and oxygen atoms in total. The zero-order valence-corrected chi connectivity index (χ0v) is 10.7. The van der Waals surface area contributed by atoms with E-state index in [2.05, 4.69) is 27.7 Å². The van der Waals surface area contributed by atoms with Crippen molar-refractivity contribution >= 4 is 0 Å². The van der Waals surface area contributed by atoms with E-state index < -0.39 is 5.60 Å². The van der Waals surface area contributed by atoms with Gasteiger partial charge in [-0.15, -0.1) is 0 Å². The Balaban J connectivity index is 2.75. The molecule has 0 amide bonds. The van der Waals surface area contributed by atoms with Gasteiger partial charge in [0.05, 0.1) is 17.8 Å². The predicted molar refractivity (Wildman–Crippen MR) is 62.9 cm³/mol. The standard InChI is InChI=1S/C13H26O2/c1-5-11(6-2)13(14)8-9-15-12(4,7-3)10-13/h11,14H,5-10H2,1-4H3. The fourth-order valence-electron chi connectivity index (χ4n) is 2.89. The number of hydrogen-bond donors (Lipinski definition) is 1. The summed E-state index contributed by atoms with van der Waals surface area (Å²) >= 11 is 0. The van der Waals surface area contributed by atoms with Crippen LogP contribution in [0, 0.1) is 5.92 Å². The van der Waals surface area contributed by atoms with E-state index in [0.717, 1.165) is 32.1 Å². The molecule has 1 fully saturated rings. The first kappa shape index (κ1) is 13.0. The van der Waals surface area contributed by atoms with Gasteiger partial charge in [0.15, 0.2) is 0 Å². The molecule has 2 atom stereocenters. The molecule has 0 aromatic rings. The average molecular weight is 214 g/mol. The minimum Gasteiger partial charge on any atom is -0.389 e. The van der Waals surface area contributed by atoms with Gasteiger partial charge in [0.25, 0.3) is 0 Å². The Morgan fingerprint density at radius 1 is 1.27 bits per heavy atom. The third-order valence-corrected chi connectivity index (χ3v) is 4.16. The number of rotatable bonds is 4. The van der Waals surface area contributed by atoms with Gasteiger partial charge in [0.2, 0.25) is 0 Å². The average Bonchev–Trinajstić information content (AvgIpc) is 2.19. The van der Waals surface area contributed by atoms with Crippen molar-refractivity contribution in [3.63, 3.8) is 0 Å². The van der Waals surface area contributed by atoms with E-state index in [4.69, 9.17) is 4.74 Å². The van der Waals surface area contributed by atoms with Crippen LogP contribution >= 0.6 is 0 Å². The first-order valence-corrected chi connectivity index (χ1v) is 6.36. The summed E-state index contributed by atoms with van der Waals surface area (Å²) in [5.74, 6) is 0.423. The molecule has 1 heterocycles. The van der Waals surface area contributed by atoms with Crippen LogP contribution in [0.25, 0.3) is 0 Å². The van der Waals surface area contributed by atoms with E-state index in [1.54, 1.807) is 0 Å². The van der Waals surface area contributed by atoms with Crippen LogP contribution in [0.3, 0.4) is 0 Å². The molecular weight excluding hydrogens is 188 g/mol. The van der Waals surface area contributed by atoms with Crippen LogP contribution in [0.5, 0.6) is 0 Å². The van der Waals surface area contributed by atoms with E-state index in [9.17, 15) is 5.11 Å². The highest BCUT2D eigenvalue weighted by Gasteiger charge is 2.44. The molecule has 1 N–H and O–H groups in total. The van der Waals surface area contributed by atoms with Gasteiger partial charge in [-0.05, 0) is 25.7 Å². The van der Waals surface area contributed by atoms with Gasteiger partial charge >= 0.3 is 0 Å². The maximum Gasteiger partial charge on any atom is 0.0724 e. The number of aliphatic hydroxyl groups is 1. The Bertz CT molecular complexity index is 201. The molecule has 90 valence electrons. The lowest BCUT2D eigenvalue weighted by atomic mass is 9.72. The predicted octanol–water partition coefficient (Wildman–Crippen LogP) is 3.13. The van der Waals surface area contributed by atoms with Gasteiger partial charge in [-0.25, -0.2) is 0 Å². The molecule has 1 aliphatic heterocycles. The molecule has 0 aliphatic carbocycles. The first-order valence-electron chi connectivity index (χ1n) is 6.36. The van der Waals surface area contributed by atoms with E-state index in [-0.39, 0.29) is 5.60 Å². The smallest absolute Gasteiger partial charge is 0.0724 e. The van der Waals surface area contributed by atoms with Gasteiger partial charge in [-0.2, -0.15) is 0 Å². The van der Waals surface area contributed by atoms with E-state index in [1.807, 2.05) is 0 Å². The molecule has 0 saturated carbocycles. The zero-order chi connectivity index (χ0) is 11.5. The second-order valence-electron chi connectivity index (χ2n) is 5.20. The Hall–Kier alpha value is -0.0800. The first-order chi connectivity index (χ1) is 6.99. The largest absolute Gasteiger partial charge is 0.389 e. The molecule has 0 aromatic carbocycles. The van der Waals surface area contributed by atoms with Gasteiger partial charge < -0.3 is 9.84 Å². The SMILES string of the molecule is CCC(CC)C1(O)CCOC(C)(CC)C1. The summed E-state index contributed by atoms with van der Waals surface area (Å²) in [4.78, 5) is 0. The van der Waals surface area contributed by atoms with Crippen LogP contribution in [-0.4, -0.2) is 22.9 Å². The molecule has 1 rings (SSSR count). The Morgan fingerprint density at radius 2 is 1.87 bits per heavy atom. The summed E-state index contributed by atoms with van der Waals surface area (Å²) in [5, 5.41) is 10.7. The van der Waals surface area contributed by atoms with Crippen LogP contribution in [0.15, 0.2) is 0 Å². The van der Waals surface area contributed by atoms with Crippen molar-refractivity contribution in [2.24, 2.45) is 5.92 Å². The molecule has 1 aliphatic rings. The van der Waals surface area contributed by atoms with Crippen LogP contribution in [-0.2, 0) is 4.74 Å². The quantitative estimate of drug-likeness (QED) is 0.779. The van der Waals surface area contributed by atoms with E-state index in [0.29, 0.717) is 12.5 Å². The van der Waals surface area contributed by atoms with Crippen molar-refractivity contribution in [3.05, 3.63) is 0 Å². The van der Waals surface area contributed by atoms with Crippen LogP contribution in [0.1, 0.15) is 59.8 Å². The minimum atomic E-state index is -0.494. The summed E-state index contributed by atoms with van der Waals surface area (Å²) in [6.45, 7) is 9.31. The molecule has 2 unspecified atom stereocenters. The van der Waals surface area contributed by atoms with E-state index in [1.165, 1.54) is 0 Å². The van der Waals surface area contributed by atoms with Crippen molar-refractivity contribution in [2.75, 3.05) is 6.61 Å². The monoisotopic (exact) mass is 214 g/mol. The Kier molecular flexibility index (Phi) is 4.19. The highest BCUT2D eigenvalue weighted by molar-refractivity contribution is 4.95. The molecule has 0 radical (unpaired) electrons. The van der Waals surface area contributed by atoms with Crippen molar-refractivity contribution in [3.8, 4) is 0 Å². The van der Waals surface area contributed by atoms with Crippen molar-refractivity contribution < 1.29 is 9.84 Å². The van der Waals surface area contributed by atoms with Crippen molar-refractivity contribution in [2.45, 2.75) is 71.0 Å². The van der Waals surface area contributed by atoms with Gasteiger partial charge in [0.1, 0.15) is 0 Å². The Morgan fingerprint density at radius 3 is 2.33 bits per heavy atom. The fraction of sp³-hybridized carbons (Fsp3) is 1.00. The molecule has 15 heavy (non-hydrogen) atoms. The number of hydrogen-bond acceptors (Lipinski definition) is 2. The van der Waals surface area contributed by atoms with Crippen LogP contribution in [0.2, 0.25) is 0 Å². The molecule has 2 heteroatoms. The lowest BCUT2D eigenvalue weighted by molar-refractivity contribution is -0.174. The zero-order valence-electron chi connectivity index (χ0n) is 10.7. The maximum absolute atomic E-state index is 10.7. The van der Waals surface area contributed by atoms with Gasteiger partial charge in [0, 0.05) is 6.42 Å². The third kappa shape index (κ3) is 2.73.